The number of hydrogen-bond acceptors (Lipinski definition) is 3. The highest BCUT2D eigenvalue weighted by molar-refractivity contribution is 7.87. The van der Waals surface area contributed by atoms with E-state index in [0.717, 1.165) is 25.7 Å². The topological polar surface area (TPSA) is 75.4 Å². The highest BCUT2D eigenvalue weighted by Gasteiger charge is 2.29. The third-order valence-corrected chi connectivity index (χ3v) is 4.94. The Bertz CT molecular complexity index is 320. The maximum atomic E-state index is 12.2. The molecule has 1 heterocycles. The van der Waals surface area contributed by atoms with Crippen molar-refractivity contribution in [1.29, 1.82) is 0 Å². The molecule has 1 rings (SSSR count). The Morgan fingerprint density at radius 1 is 1.18 bits per heavy atom. The molecule has 0 amide bonds. The van der Waals surface area contributed by atoms with E-state index in [4.69, 9.17) is 5.73 Å². The van der Waals surface area contributed by atoms with Crippen LogP contribution in [0.25, 0.3) is 0 Å². The normalized spacial score (nSPS) is 20.2. The third-order valence-electron chi connectivity index (χ3n) is 3.08. The Morgan fingerprint density at radius 3 is 2.18 bits per heavy atom. The van der Waals surface area contributed by atoms with Crippen LogP contribution in [-0.4, -0.2) is 37.9 Å². The van der Waals surface area contributed by atoms with Crippen molar-refractivity contribution >= 4 is 10.2 Å². The first-order valence-corrected chi connectivity index (χ1v) is 7.80. The average Bonchev–Trinajstić information content (AvgIpc) is 2.43. The van der Waals surface area contributed by atoms with Crippen LogP contribution in [0.4, 0.5) is 0 Å². The standard InChI is InChI=1S/C11H25N3O2S/c1-11(2,7-8-12)13-17(15,16)14-9-5-3-4-6-10-14/h13H,3-10,12H2,1-2H3. The Balaban J connectivity index is 2.66. The van der Waals surface area contributed by atoms with E-state index in [-0.39, 0.29) is 0 Å². The van der Waals surface area contributed by atoms with E-state index in [1.807, 2.05) is 13.8 Å². The van der Waals surface area contributed by atoms with Gasteiger partial charge in [-0.2, -0.15) is 17.4 Å². The fourth-order valence-electron chi connectivity index (χ4n) is 2.11. The first kappa shape index (κ1) is 14.9. The molecule has 0 aromatic rings. The summed E-state index contributed by atoms with van der Waals surface area (Å²) in [7, 11) is -3.36. The molecule has 0 aliphatic carbocycles. The highest BCUT2D eigenvalue weighted by atomic mass is 32.2. The molecule has 0 unspecified atom stereocenters. The van der Waals surface area contributed by atoms with E-state index in [9.17, 15) is 8.42 Å². The summed E-state index contributed by atoms with van der Waals surface area (Å²) in [6.07, 6.45) is 4.80. The predicted molar refractivity (Wildman–Crippen MR) is 69.8 cm³/mol. The summed E-state index contributed by atoms with van der Waals surface area (Å²) in [5.41, 5.74) is 5.02. The molecule has 3 N–H and O–H groups in total. The van der Waals surface area contributed by atoms with Gasteiger partial charge in [0, 0.05) is 18.6 Å². The van der Waals surface area contributed by atoms with Crippen LogP contribution >= 0.6 is 0 Å². The Kier molecular flexibility index (Phi) is 5.37. The molecule has 0 aromatic carbocycles. The van der Waals surface area contributed by atoms with Crippen LogP contribution in [-0.2, 0) is 10.2 Å². The zero-order valence-corrected chi connectivity index (χ0v) is 11.7. The van der Waals surface area contributed by atoms with E-state index in [2.05, 4.69) is 4.72 Å². The van der Waals surface area contributed by atoms with E-state index >= 15 is 0 Å². The molecule has 1 aliphatic heterocycles. The highest BCUT2D eigenvalue weighted by Crippen LogP contribution is 2.15. The second-order valence-electron chi connectivity index (χ2n) is 5.34. The van der Waals surface area contributed by atoms with Crippen molar-refractivity contribution in [1.82, 2.24) is 9.03 Å². The van der Waals surface area contributed by atoms with Gasteiger partial charge in [0.1, 0.15) is 0 Å². The molecule has 5 nitrogen and oxygen atoms in total. The van der Waals surface area contributed by atoms with E-state index in [0.29, 0.717) is 26.1 Å². The minimum absolute atomic E-state index is 0.472. The second kappa shape index (κ2) is 6.13. The molecule has 0 atom stereocenters. The lowest BCUT2D eigenvalue weighted by Crippen LogP contribution is -2.51. The summed E-state index contributed by atoms with van der Waals surface area (Å²) in [6.45, 7) is 5.49. The van der Waals surface area contributed by atoms with E-state index in [1.165, 1.54) is 0 Å². The molecule has 0 spiro atoms. The summed E-state index contributed by atoms with van der Waals surface area (Å²) >= 11 is 0. The van der Waals surface area contributed by atoms with Crippen LogP contribution in [0, 0.1) is 0 Å². The summed E-state index contributed by atoms with van der Waals surface area (Å²) in [5, 5.41) is 0. The van der Waals surface area contributed by atoms with Crippen molar-refractivity contribution in [2.75, 3.05) is 19.6 Å². The Hall–Kier alpha value is -0.170. The molecular formula is C11H25N3O2S. The summed E-state index contributed by atoms with van der Waals surface area (Å²) < 4.78 is 28.7. The van der Waals surface area contributed by atoms with Crippen molar-refractivity contribution in [3.05, 3.63) is 0 Å². The molecular weight excluding hydrogens is 238 g/mol. The van der Waals surface area contributed by atoms with Gasteiger partial charge in [0.2, 0.25) is 0 Å². The number of nitrogens with zero attached hydrogens (tertiary/aromatic N) is 1. The fraction of sp³-hybridized carbons (Fsp3) is 1.00. The maximum absolute atomic E-state index is 12.2. The molecule has 0 saturated carbocycles. The first-order chi connectivity index (χ1) is 7.87. The van der Waals surface area contributed by atoms with Crippen molar-refractivity contribution < 1.29 is 8.42 Å². The molecule has 17 heavy (non-hydrogen) atoms. The SMILES string of the molecule is CC(C)(CCN)NS(=O)(=O)N1CCCCCC1. The third kappa shape index (κ3) is 4.91. The molecule has 1 aliphatic rings. The van der Waals surface area contributed by atoms with Crippen LogP contribution in [0.15, 0.2) is 0 Å². The maximum Gasteiger partial charge on any atom is 0.279 e. The quantitative estimate of drug-likeness (QED) is 0.771. The number of rotatable bonds is 5. The Labute approximate surface area is 105 Å². The van der Waals surface area contributed by atoms with Gasteiger partial charge in [-0.1, -0.05) is 12.8 Å². The zero-order valence-electron chi connectivity index (χ0n) is 10.9. The van der Waals surface area contributed by atoms with Crippen molar-refractivity contribution in [3.63, 3.8) is 0 Å². The molecule has 1 saturated heterocycles. The molecule has 0 radical (unpaired) electrons. The van der Waals surface area contributed by atoms with Gasteiger partial charge < -0.3 is 5.73 Å². The minimum Gasteiger partial charge on any atom is -0.330 e. The molecule has 0 aromatic heterocycles. The number of hydrogen-bond donors (Lipinski definition) is 2. The van der Waals surface area contributed by atoms with Crippen LogP contribution in [0.1, 0.15) is 46.0 Å². The lowest BCUT2D eigenvalue weighted by molar-refractivity contribution is 0.374. The smallest absolute Gasteiger partial charge is 0.279 e. The second-order valence-corrected chi connectivity index (χ2v) is 7.01. The van der Waals surface area contributed by atoms with Crippen LogP contribution < -0.4 is 10.5 Å². The van der Waals surface area contributed by atoms with Crippen molar-refractivity contribution in [2.45, 2.75) is 51.5 Å². The lowest BCUT2D eigenvalue weighted by Gasteiger charge is -2.29. The average molecular weight is 263 g/mol. The largest absolute Gasteiger partial charge is 0.330 e. The van der Waals surface area contributed by atoms with Gasteiger partial charge in [0.05, 0.1) is 0 Å². The van der Waals surface area contributed by atoms with Gasteiger partial charge in [-0.3, -0.25) is 0 Å². The number of nitrogens with two attached hydrogens (primary N) is 1. The van der Waals surface area contributed by atoms with Gasteiger partial charge in [-0.15, -0.1) is 0 Å². The summed E-state index contributed by atoms with van der Waals surface area (Å²) in [6, 6.07) is 0. The van der Waals surface area contributed by atoms with E-state index in [1.54, 1.807) is 4.31 Å². The van der Waals surface area contributed by atoms with Gasteiger partial charge in [0.15, 0.2) is 0 Å². The Morgan fingerprint density at radius 2 is 1.71 bits per heavy atom. The summed E-state index contributed by atoms with van der Waals surface area (Å²) in [5.74, 6) is 0. The summed E-state index contributed by atoms with van der Waals surface area (Å²) in [4.78, 5) is 0. The fourth-order valence-corrected chi connectivity index (χ4v) is 3.78. The molecule has 102 valence electrons. The monoisotopic (exact) mass is 263 g/mol. The van der Waals surface area contributed by atoms with Gasteiger partial charge in [0.25, 0.3) is 10.2 Å². The minimum atomic E-state index is -3.36. The molecule has 6 heteroatoms. The van der Waals surface area contributed by atoms with Crippen molar-refractivity contribution in [3.8, 4) is 0 Å². The van der Waals surface area contributed by atoms with Gasteiger partial charge in [-0.05, 0) is 39.7 Å². The van der Waals surface area contributed by atoms with Crippen LogP contribution in [0.5, 0.6) is 0 Å². The zero-order chi connectivity index (χ0) is 12.9. The van der Waals surface area contributed by atoms with Crippen molar-refractivity contribution in [2.24, 2.45) is 5.73 Å². The number of nitrogens with one attached hydrogen (secondary N) is 1. The predicted octanol–water partition coefficient (Wildman–Crippen LogP) is 0.824. The van der Waals surface area contributed by atoms with Gasteiger partial charge in [-0.25, -0.2) is 0 Å². The lowest BCUT2D eigenvalue weighted by atomic mass is 10.0. The van der Waals surface area contributed by atoms with E-state index < -0.39 is 15.7 Å². The van der Waals surface area contributed by atoms with Crippen LogP contribution in [0.2, 0.25) is 0 Å². The van der Waals surface area contributed by atoms with Gasteiger partial charge >= 0.3 is 0 Å². The van der Waals surface area contributed by atoms with Crippen LogP contribution in [0.3, 0.4) is 0 Å². The first-order valence-electron chi connectivity index (χ1n) is 6.36. The molecule has 1 fully saturated rings. The molecule has 0 bridgehead atoms.